The molecule has 0 spiro atoms. The minimum absolute atomic E-state index is 0.127. The first kappa shape index (κ1) is 14.3. The summed E-state index contributed by atoms with van der Waals surface area (Å²) < 4.78 is 14.4. The van der Waals surface area contributed by atoms with Gasteiger partial charge in [-0.05, 0) is 12.3 Å². The third-order valence-electron chi connectivity index (χ3n) is 3.03. The Balaban J connectivity index is 2.36. The van der Waals surface area contributed by atoms with E-state index >= 15 is 0 Å². The van der Waals surface area contributed by atoms with E-state index in [9.17, 15) is 14.4 Å². The highest BCUT2D eigenvalue weighted by molar-refractivity contribution is 5.98. The van der Waals surface area contributed by atoms with E-state index in [-0.39, 0.29) is 23.6 Å². The fourth-order valence-electron chi connectivity index (χ4n) is 2.19. The Morgan fingerprint density at radius 2 is 2.05 bits per heavy atom. The minimum Gasteiger partial charge on any atom is -0.434 e. The van der Waals surface area contributed by atoms with Crippen LogP contribution >= 0.6 is 0 Å². The van der Waals surface area contributed by atoms with Crippen molar-refractivity contribution in [3.8, 4) is 5.75 Å². The molecule has 0 radical (unpaired) electrons. The van der Waals surface area contributed by atoms with Crippen LogP contribution < -0.4 is 10.4 Å². The first-order valence-corrected chi connectivity index (χ1v) is 6.37. The van der Waals surface area contributed by atoms with Crippen molar-refractivity contribution in [3.63, 3.8) is 0 Å². The molecule has 1 aromatic rings. The van der Waals surface area contributed by atoms with Gasteiger partial charge in [0.15, 0.2) is 5.78 Å². The van der Waals surface area contributed by atoms with Gasteiger partial charge in [-0.15, -0.1) is 0 Å². The molecule has 0 bridgehead atoms. The second kappa shape index (κ2) is 5.11. The Labute approximate surface area is 115 Å². The van der Waals surface area contributed by atoms with E-state index in [2.05, 4.69) is 4.74 Å². The van der Waals surface area contributed by atoms with Crippen molar-refractivity contribution < 1.29 is 23.5 Å². The Hall–Kier alpha value is -2.11. The fraction of sp³-hybridized carbons (Fsp3) is 0.500. The second-order valence-electron chi connectivity index (χ2n) is 5.46. The number of carbonyl (C=O) groups excluding carboxylic acids is 2. The Bertz CT molecular complexity index is 611. The maximum atomic E-state index is 12.0. The largest absolute Gasteiger partial charge is 0.514 e. The zero-order chi connectivity index (χ0) is 14.9. The summed E-state index contributed by atoms with van der Waals surface area (Å²) in [6.07, 6.45) is -0.154. The van der Waals surface area contributed by atoms with E-state index in [4.69, 9.17) is 9.15 Å². The molecule has 1 heterocycles. The van der Waals surface area contributed by atoms with Gasteiger partial charge in [-0.3, -0.25) is 4.79 Å². The standard InChI is InChI=1S/C14H16O6/c1-4-18-13(17)20-10-5-8-9(15)6-14(2,3)7-11(8)19-12(10)16/h5H,4,6-7H2,1-3H3. The first-order chi connectivity index (χ1) is 9.32. The molecule has 0 saturated carbocycles. The molecule has 1 aromatic heterocycles. The van der Waals surface area contributed by atoms with Gasteiger partial charge in [0, 0.05) is 18.9 Å². The van der Waals surface area contributed by atoms with Gasteiger partial charge < -0.3 is 13.9 Å². The maximum Gasteiger partial charge on any atom is 0.514 e. The monoisotopic (exact) mass is 280 g/mol. The summed E-state index contributed by atoms with van der Waals surface area (Å²) in [6, 6.07) is 1.26. The van der Waals surface area contributed by atoms with Crippen LogP contribution in [0, 0.1) is 5.41 Å². The molecule has 1 aliphatic rings. The van der Waals surface area contributed by atoms with Crippen LogP contribution in [0.5, 0.6) is 5.75 Å². The van der Waals surface area contributed by atoms with E-state index in [1.54, 1.807) is 6.92 Å². The molecular weight excluding hydrogens is 264 g/mol. The Kier molecular flexibility index (Phi) is 3.65. The Morgan fingerprint density at radius 1 is 1.35 bits per heavy atom. The normalized spacial score (nSPS) is 16.4. The molecule has 0 N–H and O–H groups in total. The van der Waals surface area contributed by atoms with Crippen LogP contribution in [-0.4, -0.2) is 18.5 Å². The molecule has 0 atom stereocenters. The predicted octanol–water partition coefficient (Wildman–Crippen LogP) is 2.33. The highest BCUT2D eigenvalue weighted by Gasteiger charge is 2.34. The SMILES string of the molecule is CCOC(=O)Oc1cc2c(oc1=O)CC(C)(C)CC2=O. The van der Waals surface area contributed by atoms with Gasteiger partial charge in [0.2, 0.25) is 5.75 Å². The van der Waals surface area contributed by atoms with Crippen molar-refractivity contribution in [3.05, 3.63) is 27.8 Å². The average Bonchev–Trinajstić information content (AvgIpc) is 2.30. The highest BCUT2D eigenvalue weighted by Crippen LogP contribution is 2.34. The molecule has 6 heteroatoms. The molecule has 2 rings (SSSR count). The van der Waals surface area contributed by atoms with Crippen molar-refractivity contribution in [1.29, 1.82) is 0 Å². The average molecular weight is 280 g/mol. The molecule has 0 amide bonds. The maximum absolute atomic E-state index is 12.0. The van der Waals surface area contributed by atoms with E-state index in [1.165, 1.54) is 6.07 Å². The van der Waals surface area contributed by atoms with Gasteiger partial charge in [0.25, 0.3) is 0 Å². The van der Waals surface area contributed by atoms with Gasteiger partial charge in [0.1, 0.15) is 5.76 Å². The molecule has 1 aliphatic carbocycles. The van der Waals surface area contributed by atoms with Crippen LogP contribution in [-0.2, 0) is 11.2 Å². The minimum atomic E-state index is -0.997. The van der Waals surface area contributed by atoms with Gasteiger partial charge >= 0.3 is 11.8 Å². The third kappa shape index (κ3) is 2.89. The number of Topliss-reactive ketones (excluding diaryl/α,β-unsaturated/α-hetero) is 1. The number of hydrogen-bond acceptors (Lipinski definition) is 6. The van der Waals surface area contributed by atoms with Gasteiger partial charge in [0.05, 0.1) is 12.2 Å². The molecule has 6 nitrogen and oxygen atoms in total. The number of ketones is 1. The smallest absolute Gasteiger partial charge is 0.434 e. The number of hydrogen-bond donors (Lipinski definition) is 0. The quantitative estimate of drug-likeness (QED) is 0.773. The van der Waals surface area contributed by atoms with Crippen LogP contribution in [0.4, 0.5) is 4.79 Å². The van der Waals surface area contributed by atoms with E-state index in [1.807, 2.05) is 13.8 Å². The number of rotatable bonds is 2. The van der Waals surface area contributed by atoms with Crippen molar-refractivity contribution >= 4 is 11.9 Å². The van der Waals surface area contributed by atoms with E-state index < -0.39 is 11.8 Å². The van der Waals surface area contributed by atoms with Crippen molar-refractivity contribution in [2.75, 3.05) is 6.61 Å². The van der Waals surface area contributed by atoms with Crippen molar-refractivity contribution in [2.45, 2.75) is 33.6 Å². The van der Waals surface area contributed by atoms with Crippen molar-refractivity contribution in [1.82, 2.24) is 0 Å². The third-order valence-corrected chi connectivity index (χ3v) is 3.03. The summed E-state index contributed by atoms with van der Waals surface area (Å²) in [6.45, 7) is 5.60. The first-order valence-electron chi connectivity index (χ1n) is 6.37. The number of ether oxygens (including phenoxy) is 2. The van der Waals surface area contributed by atoms with Crippen molar-refractivity contribution in [2.24, 2.45) is 5.41 Å². The second-order valence-corrected chi connectivity index (χ2v) is 5.46. The lowest BCUT2D eigenvalue weighted by molar-refractivity contribution is 0.0885. The molecule has 0 saturated heterocycles. The summed E-state index contributed by atoms with van der Waals surface area (Å²) in [5.74, 6) is -0.114. The van der Waals surface area contributed by atoms with Gasteiger partial charge in [-0.25, -0.2) is 9.59 Å². The molecule has 0 aromatic carbocycles. The topological polar surface area (TPSA) is 82.8 Å². The Morgan fingerprint density at radius 3 is 2.70 bits per heavy atom. The zero-order valence-electron chi connectivity index (χ0n) is 11.6. The summed E-state index contributed by atoms with van der Waals surface area (Å²) in [5.41, 5.74) is -0.741. The predicted molar refractivity (Wildman–Crippen MR) is 69.1 cm³/mol. The fourth-order valence-corrected chi connectivity index (χ4v) is 2.19. The van der Waals surface area contributed by atoms with Crippen LogP contribution in [0.2, 0.25) is 0 Å². The highest BCUT2D eigenvalue weighted by atomic mass is 16.7. The molecule has 0 unspecified atom stereocenters. The van der Waals surface area contributed by atoms with Crippen LogP contribution in [0.15, 0.2) is 15.3 Å². The summed E-state index contributed by atoms with van der Waals surface area (Å²) >= 11 is 0. The lowest BCUT2D eigenvalue weighted by Crippen LogP contribution is -2.28. The lowest BCUT2D eigenvalue weighted by atomic mass is 9.76. The molecule has 0 aliphatic heterocycles. The van der Waals surface area contributed by atoms with Crippen LogP contribution in [0.25, 0.3) is 0 Å². The lowest BCUT2D eigenvalue weighted by Gasteiger charge is -2.28. The van der Waals surface area contributed by atoms with Gasteiger partial charge in [-0.2, -0.15) is 0 Å². The molecular formula is C14H16O6. The van der Waals surface area contributed by atoms with E-state index in [0.717, 1.165) is 0 Å². The zero-order valence-corrected chi connectivity index (χ0v) is 11.6. The molecule has 108 valence electrons. The number of fused-ring (bicyclic) bond motifs is 1. The van der Waals surface area contributed by atoms with Crippen LogP contribution in [0.1, 0.15) is 43.3 Å². The van der Waals surface area contributed by atoms with Gasteiger partial charge in [-0.1, -0.05) is 13.8 Å². The summed E-state index contributed by atoms with van der Waals surface area (Å²) in [7, 11) is 0. The van der Waals surface area contributed by atoms with E-state index in [0.29, 0.717) is 24.2 Å². The molecule has 0 fully saturated rings. The van der Waals surface area contributed by atoms with Crippen LogP contribution in [0.3, 0.4) is 0 Å². The molecule has 20 heavy (non-hydrogen) atoms. The number of carbonyl (C=O) groups is 2. The summed E-state index contributed by atoms with van der Waals surface area (Å²) in [5, 5.41) is 0. The summed E-state index contributed by atoms with van der Waals surface area (Å²) in [4.78, 5) is 35.0.